The topological polar surface area (TPSA) is 97.0 Å². The fraction of sp³-hybridized carbons (Fsp3) is 0.579. The number of aromatic amines is 1. The molecule has 1 amide bonds. The van der Waals surface area contributed by atoms with E-state index in [0.29, 0.717) is 28.2 Å². The van der Waals surface area contributed by atoms with Crippen LogP contribution in [0.5, 0.6) is 0 Å². The second-order valence-corrected chi connectivity index (χ2v) is 8.86. The number of aromatic nitrogens is 3. The molecule has 28 heavy (non-hydrogen) atoms. The van der Waals surface area contributed by atoms with Crippen molar-refractivity contribution in [3.05, 3.63) is 22.3 Å². The molecule has 1 aliphatic carbocycles. The van der Waals surface area contributed by atoms with Gasteiger partial charge in [-0.3, -0.25) is 9.89 Å². The highest BCUT2D eigenvalue weighted by Gasteiger charge is 2.20. The Morgan fingerprint density at radius 3 is 2.86 bits per heavy atom. The summed E-state index contributed by atoms with van der Waals surface area (Å²) in [6.07, 6.45) is 6.85. The highest BCUT2D eigenvalue weighted by atomic mass is 32.2. The SMILES string of the molecule is CCOC(=O)c1cc(CC)sc1NC(=O)CSc1n[nH]c(CC2CCCC2)n1. The van der Waals surface area contributed by atoms with E-state index >= 15 is 0 Å². The largest absolute Gasteiger partial charge is 0.462 e. The summed E-state index contributed by atoms with van der Waals surface area (Å²) in [7, 11) is 0. The molecule has 1 aliphatic rings. The zero-order chi connectivity index (χ0) is 19.9. The molecule has 0 aliphatic heterocycles. The lowest BCUT2D eigenvalue weighted by Gasteiger charge is -2.05. The summed E-state index contributed by atoms with van der Waals surface area (Å²) < 4.78 is 5.08. The van der Waals surface area contributed by atoms with Crippen molar-refractivity contribution in [2.24, 2.45) is 5.92 Å². The Bertz CT molecular complexity index is 812. The summed E-state index contributed by atoms with van der Waals surface area (Å²) in [6.45, 7) is 4.07. The number of hydrogen-bond donors (Lipinski definition) is 2. The molecule has 0 saturated heterocycles. The molecule has 2 heterocycles. The van der Waals surface area contributed by atoms with E-state index in [0.717, 1.165) is 23.5 Å². The van der Waals surface area contributed by atoms with Crippen molar-refractivity contribution in [2.45, 2.75) is 57.5 Å². The van der Waals surface area contributed by atoms with Gasteiger partial charge in [0.25, 0.3) is 0 Å². The molecule has 0 unspecified atom stereocenters. The lowest BCUT2D eigenvalue weighted by Crippen LogP contribution is -2.16. The minimum Gasteiger partial charge on any atom is -0.462 e. The van der Waals surface area contributed by atoms with Crippen molar-refractivity contribution in [3.8, 4) is 0 Å². The number of H-pyrrole nitrogens is 1. The molecule has 2 aromatic heterocycles. The van der Waals surface area contributed by atoms with Gasteiger partial charge in [-0.15, -0.1) is 16.4 Å². The third kappa shape index (κ3) is 5.57. The first-order chi connectivity index (χ1) is 13.6. The summed E-state index contributed by atoms with van der Waals surface area (Å²) in [4.78, 5) is 30.0. The van der Waals surface area contributed by atoms with E-state index in [9.17, 15) is 9.59 Å². The van der Waals surface area contributed by atoms with Crippen LogP contribution in [0.4, 0.5) is 5.00 Å². The van der Waals surface area contributed by atoms with E-state index in [-0.39, 0.29) is 11.7 Å². The predicted octanol–water partition coefficient (Wildman–Crippen LogP) is 4.07. The molecular formula is C19H26N4O3S2. The van der Waals surface area contributed by atoms with E-state index in [4.69, 9.17) is 4.74 Å². The van der Waals surface area contributed by atoms with Gasteiger partial charge in [0.1, 0.15) is 10.8 Å². The fourth-order valence-corrected chi connectivity index (χ4v) is 4.90. The quantitative estimate of drug-likeness (QED) is 0.467. The van der Waals surface area contributed by atoms with Gasteiger partial charge in [-0.05, 0) is 25.3 Å². The molecule has 1 fully saturated rings. The van der Waals surface area contributed by atoms with Gasteiger partial charge < -0.3 is 10.1 Å². The summed E-state index contributed by atoms with van der Waals surface area (Å²) in [5, 5.41) is 11.1. The van der Waals surface area contributed by atoms with Crippen LogP contribution in [0, 0.1) is 5.92 Å². The Morgan fingerprint density at radius 2 is 2.14 bits per heavy atom. The number of amides is 1. The van der Waals surface area contributed by atoms with Crippen molar-refractivity contribution in [3.63, 3.8) is 0 Å². The van der Waals surface area contributed by atoms with Crippen LogP contribution in [0.2, 0.25) is 0 Å². The number of ether oxygens (including phenoxy) is 1. The molecule has 0 bridgehead atoms. The van der Waals surface area contributed by atoms with Crippen LogP contribution in [0.25, 0.3) is 0 Å². The molecule has 0 atom stereocenters. The van der Waals surface area contributed by atoms with Gasteiger partial charge in [0, 0.05) is 11.3 Å². The molecule has 152 valence electrons. The average Bonchev–Trinajstić information content (AvgIpc) is 3.42. The maximum atomic E-state index is 12.4. The number of nitrogens with one attached hydrogen (secondary N) is 2. The fourth-order valence-electron chi connectivity index (χ4n) is 3.28. The highest BCUT2D eigenvalue weighted by Crippen LogP contribution is 2.30. The van der Waals surface area contributed by atoms with Crippen LogP contribution < -0.4 is 5.32 Å². The van der Waals surface area contributed by atoms with Gasteiger partial charge in [-0.1, -0.05) is 44.4 Å². The standard InChI is InChI=1S/C19H26N4O3S2/c1-3-13-10-14(18(25)26-4-2)17(28-13)21-16(24)11-27-19-20-15(22-23-19)9-12-7-5-6-8-12/h10,12H,3-9,11H2,1-2H3,(H,21,24)(H,20,22,23). The van der Waals surface area contributed by atoms with Crippen LogP contribution in [-0.4, -0.2) is 39.4 Å². The van der Waals surface area contributed by atoms with Crippen molar-refractivity contribution < 1.29 is 14.3 Å². The summed E-state index contributed by atoms with van der Waals surface area (Å²) in [5.41, 5.74) is 0.416. The number of carbonyl (C=O) groups is 2. The highest BCUT2D eigenvalue weighted by molar-refractivity contribution is 7.99. The van der Waals surface area contributed by atoms with Crippen LogP contribution in [0.15, 0.2) is 11.2 Å². The van der Waals surface area contributed by atoms with E-state index < -0.39 is 5.97 Å². The lowest BCUT2D eigenvalue weighted by molar-refractivity contribution is -0.113. The molecule has 3 rings (SSSR count). The normalized spacial score (nSPS) is 14.4. The average molecular weight is 423 g/mol. The number of rotatable bonds is 9. The second kappa shape index (κ2) is 10.1. The summed E-state index contributed by atoms with van der Waals surface area (Å²) >= 11 is 2.69. The predicted molar refractivity (Wildman–Crippen MR) is 111 cm³/mol. The van der Waals surface area contributed by atoms with E-state index in [2.05, 4.69) is 20.5 Å². The minimum atomic E-state index is -0.410. The number of carbonyl (C=O) groups excluding carboxylic acids is 2. The third-order valence-electron chi connectivity index (χ3n) is 4.68. The zero-order valence-electron chi connectivity index (χ0n) is 16.2. The van der Waals surface area contributed by atoms with E-state index in [1.54, 1.807) is 13.0 Å². The Morgan fingerprint density at radius 1 is 1.36 bits per heavy atom. The van der Waals surface area contributed by atoms with Crippen molar-refractivity contribution >= 4 is 40.0 Å². The molecule has 0 spiro atoms. The Balaban J connectivity index is 1.53. The van der Waals surface area contributed by atoms with Gasteiger partial charge in [0.15, 0.2) is 0 Å². The van der Waals surface area contributed by atoms with Crippen LogP contribution in [-0.2, 0) is 22.4 Å². The maximum absolute atomic E-state index is 12.4. The Kier molecular flexibility index (Phi) is 7.50. The number of anilines is 1. The number of thiophene rings is 1. The van der Waals surface area contributed by atoms with Gasteiger partial charge in [0.05, 0.1) is 17.9 Å². The molecule has 0 radical (unpaired) electrons. The second-order valence-electron chi connectivity index (χ2n) is 6.79. The third-order valence-corrected chi connectivity index (χ3v) is 6.72. The van der Waals surface area contributed by atoms with Gasteiger partial charge in [0.2, 0.25) is 11.1 Å². The minimum absolute atomic E-state index is 0.183. The number of aryl methyl sites for hydroxylation is 1. The first-order valence-corrected chi connectivity index (χ1v) is 11.5. The molecule has 7 nitrogen and oxygen atoms in total. The monoisotopic (exact) mass is 422 g/mol. The Labute approximate surface area is 173 Å². The van der Waals surface area contributed by atoms with Crippen molar-refractivity contribution in [2.75, 3.05) is 17.7 Å². The number of hydrogen-bond acceptors (Lipinski definition) is 7. The first-order valence-electron chi connectivity index (χ1n) is 9.72. The van der Waals surface area contributed by atoms with E-state index in [1.165, 1.54) is 48.8 Å². The van der Waals surface area contributed by atoms with Gasteiger partial charge >= 0.3 is 5.97 Å². The van der Waals surface area contributed by atoms with Gasteiger partial charge in [-0.2, -0.15) is 0 Å². The first kappa shape index (κ1) is 20.9. The maximum Gasteiger partial charge on any atom is 0.341 e. The number of esters is 1. The molecule has 0 aromatic carbocycles. The van der Waals surface area contributed by atoms with Crippen LogP contribution in [0.1, 0.15) is 60.6 Å². The molecular weight excluding hydrogens is 396 g/mol. The van der Waals surface area contributed by atoms with Crippen molar-refractivity contribution in [1.82, 2.24) is 15.2 Å². The molecule has 9 heteroatoms. The molecule has 2 aromatic rings. The van der Waals surface area contributed by atoms with E-state index in [1.807, 2.05) is 6.92 Å². The smallest absolute Gasteiger partial charge is 0.341 e. The van der Waals surface area contributed by atoms with Crippen molar-refractivity contribution in [1.29, 1.82) is 0 Å². The van der Waals surface area contributed by atoms with Crippen LogP contribution in [0.3, 0.4) is 0 Å². The number of thioether (sulfide) groups is 1. The Hall–Kier alpha value is -1.87. The lowest BCUT2D eigenvalue weighted by atomic mass is 10.0. The van der Waals surface area contributed by atoms with Gasteiger partial charge in [-0.25, -0.2) is 9.78 Å². The van der Waals surface area contributed by atoms with Crippen LogP contribution >= 0.6 is 23.1 Å². The zero-order valence-corrected chi connectivity index (χ0v) is 17.9. The summed E-state index contributed by atoms with van der Waals surface area (Å²) in [6, 6.07) is 1.79. The molecule has 2 N–H and O–H groups in total. The number of nitrogens with zero attached hydrogens (tertiary/aromatic N) is 2. The molecule has 1 saturated carbocycles. The summed E-state index contributed by atoms with van der Waals surface area (Å²) in [5.74, 6) is 1.17.